The topological polar surface area (TPSA) is 3.24 Å². The van der Waals surface area contributed by atoms with Crippen LogP contribution in [0, 0.1) is 5.82 Å². The highest BCUT2D eigenvalue weighted by Crippen LogP contribution is 2.22. The number of nitrogens with zero attached hydrogens (tertiary/aromatic N) is 1. The number of rotatable bonds is 4. The quantitative estimate of drug-likeness (QED) is 0.704. The molecule has 0 fully saturated rings. The molecule has 0 saturated heterocycles. The van der Waals surface area contributed by atoms with E-state index in [1.165, 1.54) is 10.9 Å². The molecule has 0 aliphatic rings. The van der Waals surface area contributed by atoms with Gasteiger partial charge in [-0.05, 0) is 62.7 Å². The third kappa shape index (κ3) is 3.88. The monoisotopic (exact) mass is 391 g/mol. The van der Waals surface area contributed by atoms with Crippen LogP contribution in [0.5, 0.6) is 0 Å². The van der Waals surface area contributed by atoms with E-state index in [9.17, 15) is 4.39 Å². The van der Waals surface area contributed by atoms with Gasteiger partial charge in [0.15, 0.2) is 0 Å². The van der Waals surface area contributed by atoms with Gasteiger partial charge >= 0.3 is 0 Å². The molecule has 0 aliphatic heterocycles. The van der Waals surface area contributed by atoms with E-state index in [1.807, 2.05) is 12.1 Å². The molecule has 2 rings (SSSR count). The summed E-state index contributed by atoms with van der Waals surface area (Å²) >= 11 is 8.40. The lowest BCUT2D eigenvalue weighted by atomic mass is 10.2. The van der Waals surface area contributed by atoms with E-state index in [-0.39, 0.29) is 5.82 Å². The van der Waals surface area contributed by atoms with Gasteiger partial charge in [0.2, 0.25) is 0 Å². The second-order valence-electron chi connectivity index (χ2n) is 4.15. The zero-order valence-electron chi connectivity index (χ0n) is 9.79. The molecule has 0 aliphatic carbocycles. The second kappa shape index (κ2) is 6.28. The van der Waals surface area contributed by atoms with Gasteiger partial charge in [-0.15, -0.1) is 11.3 Å². The number of halogens is 3. The third-order valence-electron chi connectivity index (χ3n) is 2.48. The van der Waals surface area contributed by atoms with Crippen LogP contribution in [0.2, 0.25) is 0 Å². The summed E-state index contributed by atoms with van der Waals surface area (Å²) in [6, 6.07) is 7.27. The molecule has 1 aromatic carbocycles. The highest BCUT2D eigenvalue weighted by molar-refractivity contribution is 9.10. The summed E-state index contributed by atoms with van der Waals surface area (Å²) in [7, 11) is 2.06. The summed E-state index contributed by atoms with van der Waals surface area (Å²) in [6.45, 7) is 1.69. The average molecular weight is 393 g/mol. The van der Waals surface area contributed by atoms with Crippen molar-refractivity contribution in [1.82, 2.24) is 4.90 Å². The van der Waals surface area contributed by atoms with Crippen LogP contribution >= 0.6 is 43.2 Å². The first kappa shape index (κ1) is 14.2. The fourth-order valence-electron chi connectivity index (χ4n) is 1.71. The summed E-state index contributed by atoms with van der Waals surface area (Å²) in [5.74, 6) is -0.219. The minimum absolute atomic E-state index is 0.219. The smallest absolute Gasteiger partial charge is 0.137 e. The molecular formula is C13H12Br2FNS. The maximum atomic E-state index is 13.1. The minimum Gasteiger partial charge on any atom is -0.297 e. The lowest BCUT2D eigenvalue weighted by Crippen LogP contribution is -2.16. The maximum Gasteiger partial charge on any atom is 0.137 e. The van der Waals surface area contributed by atoms with Crippen LogP contribution in [0.1, 0.15) is 10.4 Å². The molecule has 0 bridgehead atoms. The van der Waals surface area contributed by atoms with Crippen molar-refractivity contribution < 1.29 is 4.39 Å². The van der Waals surface area contributed by atoms with Crippen LogP contribution in [0.15, 0.2) is 38.6 Å². The third-order valence-corrected chi connectivity index (χ3v) is 4.77. The Morgan fingerprint density at radius 2 is 2.00 bits per heavy atom. The van der Waals surface area contributed by atoms with E-state index in [2.05, 4.69) is 55.3 Å². The standard InChI is InChI=1S/C13H12Br2FNS/c1-17(7-11-5-10(14)8-18-11)6-9-2-3-13(16)12(15)4-9/h2-5,8H,6-7H2,1H3. The molecule has 0 radical (unpaired) electrons. The van der Waals surface area contributed by atoms with Crippen molar-refractivity contribution in [2.24, 2.45) is 0 Å². The van der Waals surface area contributed by atoms with Crippen LogP contribution in [-0.2, 0) is 13.1 Å². The van der Waals surface area contributed by atoms with E-state index in [0.29, 0.717) is 4.47 Å². The fraction of sp³-hybridized carbons (Fsp3) is 0.231. The lowest BCUT2D eigenvalue weighted by molar-refractivity contribution is 0.321. The normalized spacial score (nSPS) is 11.2. The Morgan fingerprint density at radius 3 is 2.61 bits per heavy atom. The SMILES string of the molecule is CN(Cc1ccc(F)c(Br)c1)Cc1cc(Br)cs1. The molecule has 0 atom stereocenters. The fourth-order valence-corrected chi connectivity index (χ4v) is 3.66. The summed E-state index contributed by atoms with van der Waals surface area (Å²) in [6.07, 6.45) is 0. The molecule has 0 saturated carbocycles. The van der Waals surface area contributed by atoms with E-state index in [0.717, 1.165) is 23.1 Å². The Bertz CT molecular complexity index is 542. The Balaban J connectivity index is 1.98. The van der Waals surface area contributed by atoms with Crippen molar-refractivity contribution >= 4 is 43.2 Å². The Morgan fingerprint density at radius 1 is 1.22 bits per heavy atom. The number of thiophene rings is 1. The van der Waals surface area contributed by atoms with Gasteiger partial charge in [-0.25, -0.2) is 4.39 Å². The van der Waals surface area contributed by atoms with Gasteiger partial charge in [0.25, 0.3) is 0 Å². The molecule has 0 N–H and O–H groups in total. The first-order chi connectivity index (χ1) is 8.54. The molecule has 5 heteroatoms. The molecule has 1 nitrogen and oxygen atoms in total. The Labute approximate surface area is 127 Å². The minimum atomic E-state index is -0.219. The van der Waals surface area contributed by atoms with Crippen LogP contribution in [0.4, 0.5) is 4.39 Å². The van der Waals surface area contributed by atoms with Crippen LogP contribution in [0.3, 0.4) is 0 Å². The van der Waals surface area contributed by atoms with Gasteiger partial charge in [0, 0.05) is 27.8 Å². The number of benzene rings is 1. The van der Waals surface area contributed by atoms with Crippen molar-refractivity contribution in [2.45, 2.75) is 13.1 Å². The Kier molecular flexibility index (Phi) is 4.95. The van der Waals surface area contributed by atoms with Gasteiger partial charge in [0.05, 0.1) is 4.47 Å². The van der Waals surface area contributed by atoms with E-state index in [4.69, 9.17) is 0 Å². The molecule has 1 heterocycles. The second-order valence-corrected chi connectivity index (χ2v) is 6.92. The van der Waals surface area contributed by atoms with Crippen molar-refractivity contribution in [3.05, 3.63) is 54.8 Å². The van der Waals surface area contributed by atoms with Crippen LogP contribution < -0.4 is 0 Å². The summed E-state index contributed by atoms with van der Waals surface area (Å²) < 4.78 is 14.8. The van der Waals surface area contributed by atoms with E-state index >= 15 is 0 Å². The summed E-state index contributed by atoms with van der Waals surface area (Å²) in [5, 5.41) is 2.08. The molecule has 0 spiro atoms. The molecule has 96 valence electrons. The molecule has 0 unspecified atom stereocenters. The van der Waals surface area contributed by atoms with Crippen molar-refractivity contribution in [3.8, 4) is 0 Å². The van der Waals surface area contributed by atoms with Gasteiger partial charge in [-0.1, -0.05) is 6.07 Å². The number of hydrogen-bond donors (Lipinski definition) is 0. The van der Waals surface area contributed by atoms with Gasteiger partial charge in [-0.3, -0.25) is 4.90 Å². The largest absolute Gasteiger partial charge is 0.297 e. The lowest BCUT2D eigenvalue weighted by Gasteiger charge is -2.15. The molecule has 2 aromatic rings. The molecule has 0 amide bonds. The molecule has 1 aromatic heterocycles. The zero-order chi connectivity index (χ0) is 13.1. The van der Waals surface area contributed by atoms with Gasteiger partial charge < -0.3 is 0 Å². The predicted octanol–water partition coefficient (Wildman–Crippen LogP) is 5.04. The number of hydrogen-bond acceptors (Lipinski definition) is 2. The van der Waals surface area contributed by atoms with Crippen molar-refractivity contribution in [1.29, 1.82) is 0 Å². The van der Waals surface area contributed by atoms with Crippen LogP contribution in [-0.4, -0.2) is 11.9 Å². The first-order valence-electron chi connectivity index (χ1n) is 5.40. The van der Waals surface area contributed by atoms with Crippen molar-refractivity contribution in [3.63, 3.8) is 0 Å². The first-order valence-corrected chi connectivity index (χ1v) is 7.86. The highest BCUT2D eigenvalue weighted by atomic mass is 79.9. The van der Waals surface area contributed by atoms with E-state index in [1.54, 1.807) is 11.3 Å². The predicted molar refractivity (Wildman–Crippen MR) is 81.3 cm³/mol. The van der Waals surface area contributed by atoms with Crippen molar-refractivity contribution in [2.75, 3.05) is 7.05 Å². The Hall–Kier alpha value is -0.230. The zero-order valence-corrected chi connectivity index (χ0v) is 13.8. The summed E-state index contributed by atoms with van der Waals surface area (Å²) in [5.41, 5.74) is 1.10. The molecular weight excluding hydrogens is 381 g/mol. The average Bonchev–Trinajstić information content (AvgIpc) is 2.69. The van der Waals surface area contributed by atoms with Crippen LogP contribution in [0.25, 0.3) is 0 Å². The van der Waals surface area contributed by atoms with E-state index < -0.39 is 0 Å². The molecule has 18 heavy (non-hydrogen) atoms. The maximum absolute atomic E-state index is 13.1. The highest BCUT2D eigenvalue weighted by Gasteiger charge is 2.06. The van der Waals surface area contributed by atoms with Gasteiger partial charge in [0.1, 0.15) is 5.82 Å². The summed E-state index contributed by atoms with van der Waals surface area (Å²) in [4.78, 5) is 3.52. The van der Waals surface area contributed by atoms with Gasteiger partial charge in [-0.2, -0.15) is 0 Å².